The van der Waals surface area contributed by atoms with E-state index in [4.69, 9.17) is 10.5 Å². The average molecular weight is 231 g/mol. The van der Waals surface area contributed by atoms with Crippen molar-refractivity contribution in [3.8, 4) is 17.0 Å². The summed E-state index contributed by atoms with van der Waals surface area (Å²) in [6.45, 7) is 5.12. The minimum Gasteiger partial charge on any atom is -0.494 e. The largest absolute Gasteiger partial charge is 0.494 e. The number of H-pyrrole nitrogens is 1. The van der Waals surface area contributed by atoms with Crippen LogP contribution in [0.5, 0.6) is 5.75 Å². The van der Waals surface area contributed by atoms with Gasteiger partial charge in [0.2, 0.25) is 0 Å². The zero-order valence-electron chi connectivity index (χ0n) is 10.2. The normalized spacial score (nSPS) is 10.5. The Morgan fingerprint density at radius 1 is 1.29 bits per heavy atom. The number of nitrogens with one attached hydrogen (secondary N) is 1. The number of nitrogens with two attached hydrogens (primary N) is 1. The third-order valence-corrected chi connectivity index (χ3v) is 2.72. The molecule has 3 N–H and O–H groups in total. The molecular weight excluding hydrogens is 214 g/mol. The van der Waals surface area contributed by atoms with Crippen LogP contribution in [-0.2, 0) is 6.54 Å². The van der Waals surface area contributed by atoms with Crippen LogP contribution in [0.15, 0.2) is 24.3 Å². The first-order chi connectivity index (χ1) is 8.26. The highest BCUT2D eigenvalue weighted by molar-refractivity contribution is 5.64. The zero-order chi connectivity index (χ0) is 12.3. The van der Waals surface area contributed by atoms with E-state index in [-0.39, 0.29) is 0 Å². The van der Waals surface area contributed by atoms with Crippen LogP contribution in [0, 0.1) is 6.92 Å². The second-order valence-electron chi connectivity index (χ2n) is 3.84. The smallest absolute Gasteiger partial charge is 0.119 e. The van der Waals surface area contributed by atoms with Crippen molar-refractivity contribution in [2.45, 2.75) is 20.4 Å². The van der Waals surface area contributed by atoms with Gasteiger partial charge in [0.25, 0.3) is 0 Å². The molecule has 0 aliphatic rings. The van der Waals surface area contributed by atoms with E-state index in [2.05, 4.69) is 10.2 Å². The molecule has 0 saturated heterocycles. The van der Waals surface area contributed by atoms with Crippen molar-refractivity contribution < 1.29 is 4.74 Å². The first kappa shape index (κ1) is 11.7. The molecule has 0 bridgehead atoms. The molecule has 0 radical (unpaired) electrons. The maximum atomic E-state index is 5.73. The molecule has 0 unspecified atom stereocenters. The molecule has 90 valence electrons. The highest BCUT2D eigenvalue weighted by Gasteiger charge is 2.10. The van der Waals surface area contributed by atoms with Crippen LogP contribution in [-0.4, -0.2) is 16.8 Å². The van der Waals surface area contributed by atoms with Crippen molar-refractivity contribution in [3.05, 3.63) is 35.5 Å². The molecule has 0 aliphatic carbocycles. The van der Waals surface area contributed by atoms with E-state index < -0.39 is 0 Å². The fraction of sp³-hybridized carbons (Fsp3) is 0.308. The van der Waals surface area contributed by atoms with Gasteiger partial charge in [-0.05, 0) is 38.1 Å². The molecule has 1 aromatic carbocycles. The Labute approximate surface area is 101 Å². The molecule has 1 aromatic heterocycles. The Balaban J connectivity index is 2.33. The number of ether oxygens (including phenoxy) is 1. The Morgan fingerprint density at radius 3 is 2.59 bits per heavy atom. The standard InChI is InChI=1S/C13H17N3O/c1-3-17-11-6-4-10(5-7-11)13-12(8-14)9(2)15-16-13/h4-7H,3,8,14H2,1-2H3,(H,15,16). The molecule has 4 heteroatoms. The van der Waals surface area contributed by atoms with Gasteiger partial charge in [-0.3, -0.25) is 5.10 Å². The average Bonchev–Trinajstić information content (AvgIpc) is 2.72. The number of benzene rings is 1. The highest BCUT2D eigenvalue weighted by Crippen LogP contribution is 2.25. The van der Waals surface area contributed by atoms with Crippen LogP contribution in [0.4, 0.5) is 0 Å². The number of aryl methyl sites for hydroxylation is 1. The van der Waals surface area contributed by atoms with E-state index in [1.165, 1.54) is 0 Å². The summed E-state index contributed by atoms with van der Waals surface area (Å²) in [7, 11) is 0. The summed E-state index contributed by atoms with van der Waals surface area (Å²) in [4.78, 5) is 0. The van der Waals surface area contributed by atoms with E-state index >= 15 is 0 Å². The van der Waals surface area contributed by atoms with Gasteiger partial charge < -0.3 is 10.5 Å². The van der Waals surface area contributed by atoms with E-state index in [1.807, 2.05) is 38.1 Å². The Bertz CT molecular complexity index is 488. The Morgan fingerprint density at radius 2 is 2.00 bits per heavy atom. The third-order valence-electron chi connectivity index (χ3n) is 2.72. The topological polar surface area (TPSA) is 63.9 Å². The number of rotatable bonds is 4. The van der Waals surface area contributed by atoms with E-state index in [9.17, 15) is 0 Å². The van der Waals surface area contributed by atoms with Crippen molar-refractivity contribution in [3.63, 3.8) is 0 Å². The summed E-state index contributed by atoms with van der Waals surface area (Å²) in [6.07, 6.45) is 0. The quantitative estimate of drug-likeness (QED) is 0.848. The highest BCUT2D eigenvalue weighted by atomic mass is 16.5. The second-order valence-corrected chi connectivity index (χ2v) is 3.84. The molecule has 0 amide bonds. The van der Waals surface area contributed by atoms with Gasteiger partial charge in [-0.15, -0.1) is 0 Å². The SMILES string of the molecule is CCOc1ccc(-c2n[nH]c(C)c2CN)cc1. The van der Waals surface area contributed by atoms with Gasteiger partial charge in [0, 0.05) is 23.4 Å². The Kier molecular flexibility index (Phi) is 3.44. The maximum Gasteiger partial charge on any atom is 0.119 e. The number of hydrogen-bond donors (Lipinski definition) is 2. The molecule has 0 aliphatic heterocycles. The monoisotopic (exact) mass is 231 g/mol. The molecular formula is C13H17N3O. The molecule has 2 aromatic rings. The minimum absolute atomic E-state index is 0.491. The summed E-state index contributed by atoms with van der Waals surface area (Å²) in [5.74, 6) is 0.873. The number of aromatic nitrogens is 2. The lowest BCUT2D eigenvalue weighted by Gasteiger charge is -2.04. The predicted octanol–water partition coefficient (Wildman–Crippen LogP) is 2.24. The molecule has 1 heterocycles. The van der Waals surface area contributed by atoms with Gasteiger partial charge in [0.15, 0.2) is 0 Å². The van der Waals surface area contributed by atoms with E-state index in [0.29, 0.717) is 13.2 Å². The van der Waals surface area contributed by atoms with Crippen molar-refractivity contribution in [1.29, 1.82) is 0 Å². The summed E-state index contributed by atoms with van der Waals surface area (Å²) in [5.41, 5.74) is 9.79. The van der Waals surface area contributed by atoms with E-state index in [0.717, 1.165) is 28.3 Å². The minimum atomic E-state index is 0.491. The van der Waals surface area contributed by atoms with Gasteiger partial charge in [-0.25, -0.2) is 0 Å². The molecule has 17 heavy (non-hydrogen) atoms. The molecule has 4 nitrogen and oxygen atoms in total. The van der Waals surface area contributed by atoms with Crippen LogP contribution >= 0.6 is 0 Å². The van der Waals surface area contributed by atoms with Crippen LogP contribution < -0.4 is 10.5 Å². The predicted molar refractivity (Wildman–Crippen MR) is 67.8 cm³/mol. The fourth-order valence-electron chi connectivity index (χ4n) is 1.82. The lowest BCUT2D eigenvalue weighted by molar-refractivity contribution is 0.340. The summed E-state index contributed by atoms with van der Waals surface area (Å²) < 4.78 is 5.41. The summed E-state index contributed by atoms with van der Waals surface area (Å²) in [6, 6.07) is 7.89. The lowest BCUT2D eigenvalue weighted by atomic mass is 10.1. The molecule has 0 saturated carbocycles. The van der Waals surface area contributed by atoms with Crippen LogP contribution in [0.25, 0.3) is 11.3 Å². The fourth-order valence-corrected chi connectivity index (χ4v) is 1.82. The van der Waals surface area contributed by atoms with Crippen LogP contribution in [0.3, 0.4) is 0 Å². The lowest BCUT2D eigenvalue weighted by Crippen LogP contribution is -1.99. The second kappa shape index (κ2) is 5.01. The number of aromatic amines is 1. The van der Waals surface area contributed by atoms with Crippen LogP contribution in [0.1, 0.15) is 18.2 Å². The third kappa shape index (κ3) is 2.31. The van der Waals surface area contributed by atoms with Gasteiger partial charge >= 0.3 is 0 Å². The number of hydrogen-bond acceptors (Lipinski definition) is 3. The first-order valence-corrected chi connectivity index (χ1v) is 5.73. The van der Waals surface area contributed by atoms with Crippen molar-refractivity contribution in [2.24, 2.45) is 5.73 Å². The van der Waals surface area contributed by atoms with Gasteiger partial charge in [0.1, 0.15) is 5.75 Å². The molecule has 2 rings (SSSR count). The van der Waals surface area contributed by atoms with Gasteiger partial charge in [0.05, 0.1) is 12.3 Å². The molecule has 0 spiro atoms. The van der Waals surface area contributed by atoms with Crippen molar-refractivity contribution >= 4 is 0 Å². The van der Waals surface area contributed by atoms with E-state index in [1.54, 1.807) is 0 Å². The van der Waals surface area contributed by atoms with Gasteiger partial charge in [-0.2, -0.15) is 5.10 Å². The van der Waals surface area contributed by atoms with Crippen molar-refractivity contribution in [1.82, 2.24) is 10.2 Å². The summed E-state index contributed by atoms with van der Waals surface area (Å²) >= 11 is 0. The van der Waals surface area contributed by atoms with Crippen molar-refractivity contribution in [2.75, 3.05) is 6.61 Å². The first-order valence-electron chi connectivity index (χ1n) is 5.73. The van der Waals surface area contributed by atoms with Crippen LogP contribution in [0.2, 0.25) is 0 Å². The Hall–Kier alpha value is -1.81. The number of nitrogens with zero attached hydrogens (tertiary/aromatic N) is 1. The molecule has 0 fully saturated rings. The zero-order valence-corrected chi connectivity index (χ0v) is 10.2. The summed E-state index contributed by atoms with van der Waals surface area (Å²) in [5, 5.41) is 7.25. The van der Waals surface area contributed by atoms with Gasteiger partial charge in [-0.1, -0.05) is 0 Å². The molecule has 0 atom stereocenters. The maximum absolute atomic E-state index is 5.73.